The van der Waals surface area contributed by atoms with Gasteiger partial charge in [0.25, 0.3) is 5.91 Å². The van der Waals surface area contributed by atoms with Crippen LogP contribution in [0.2, 0.25) is 0 Å². The van der Waals surface area contributed by atoms with Crippen LogP contribution < -0.4 is 10.5 Å². The molecule has 1 aliphatic rings. The van der Waals surface area contributed by atoms with E-state index in [1.165, 1.54) is 6.33 Å². The molecule has 0 radical (unpaired) electrons. The molecule has 1 unspecified atom stereocenters. The molecule has 0 spiro atoms. The number of hydrogen-bond acceptors (Lipinski definition) is 7. The van der Waals surface area contributed by atoms with Gasteiger partial charge in [-0.25, -0.2) is 14.6 Å². The molecule has 202 valence electrons. The zero-order valence-corrected chi connectivity index (χ0v) is 22.2. The Morgan fingerprint density at radius 3 is 2.41 bits per heavy atom. The van der Waals surface area contributed by atoms with Gasteiger partial charge in [0.05, 0.1) is 11.4 Å². The number of para-hydroxylation sites is 1. The van der Waals surface area contributed by atoms with E-state index in [9.17, 15) is 10.1 Å². The Labute approximate surface area is 237 Å². The Morgan fingerprint density at radius 1 is 0.976 bits per heavy atom. The molecule has 2 N–H and O–H groups in total. The summed E-state index contributed by atoms with van der Waals surface area (Å²) in [5, 5.41) is 15.4. The lowest BCUT2D eigenvalue weighted by Gasteiger charge is -2.32. The lowest BCUT2D eigenvalue weighted by molar-refractivity contribution is -0.128. The smallest absolute Gasteiger partial charge is 0.264 e. The first kappa shape index (κ1) is 25.8. The van der Waals surface area contributed by atoms with Gasteiger partial charge in [0, 0.05) is 18.7 Å². The van der Waals surface area contributed by atoms with Gasteiger partial charge in [0.2, 0.25) is 0 Å². The van der Waals surface area contributed by atoms with Crippen LogP contribution in [-0.4, -0.2) is 43.6 Å². The fourth-order valence-corrected chi connectivity index (χ4v) is 5.12. The number of rotatable bonds is 6. The van der Waals surface area contributed by atoms with E-state index in [0.717, 1.165) is 29.7 Å². The third-order valence-electron chi connectivity index (χ3n) is 7.12. The topological polar surface area (TPSA) is 123 Å². The first-order valence-corrected chi connectivity index (χ1v) is 13.4. The van der Waals surface area contributed by atoms with Crippen molar-refractivity contribution in [1.29, 1.82) is 5.26 Å². The highest BCUT2D eigenvalue weighted by atomic mass is 16.5. The number of nitrogen functional groups attached to an aromatic ring is 1. The van der Waals surface area contributed by atoms with E-state index in [0.29, 0.717) is 41.4 Å². The number of aromatic nitrogens is 4. The van der Waals surface area contributed by atoms with E-state index in [2.05, 4.69) is 16.0 Å². The summed E-state index contributed by atoms with van der Waals surface area (Å²) in [5.41, 5.74) is 9.36. The van der Waals surface area contributed by atoms with Gasteiger partial charge in [-0.1, -0.05) is 48.5 Å². The Balaban J connectivity index is 1.29. The molecule has 0 saturated carbocycles. The van der Waals surface area contributed by atoms with Gasteiger partial charge in [-0.2, -0.15) is 10.4 Å². The third-order valence-corrected chi connectivity index (χ3v) is 7.12. The van der Waals surface area contributed by atoms with Crippen molar-refractivity contribution in [1.82, 2.24) is 24.6 Å². The first-order valence-electron chi connectivity index (χ1n) is 13.4. The zero-order chi connectivity index (χ0) is 28.2. The number of likely N-dealkylation sites (tertiary alicyclic amines) is 1. The fraction of sp³-hybridized carbons (Fsp3) is 0.156. The SMILES string of the molecule is N#C/C(=C\c1ccccc1)C(=O)N1CCCC(n2nc(-c3ccc(Oc4ccccc4)cc3)c3c(N)ncnc32)C1. The third kappa shape index (κ3) is 5.36. The Kier molecular flexibility index (Phi) is 7.11. The van der Waals surface area contributed by atoms with Gasteiger partial charge in [0.1, 0.15) is 41.0 Å². The zero-order valence-electron chi connectivity index (χ0n) is 22.2. The van der Waals surface area contributed by atoms with Crippen LogP contribution in [-0.2, 0) is 4.79 Å². The predicted octanol–water partition coefficient (Wildman–Crippen LogP) is 5.64. The van der Waals surface area contributed by atoms with Crippen molar-refractivity contribution in [3.05, 3.63) is 102 Å². The molecule has 3 heterocycles. The Morgan fingerprint density at radius 2 is 1.68 bits per heavy atom. The number of nitriles is 1. The lowest BCUT2D eigenvalue weighted by atomic mass is 10.0. The number of anilines is 1. The Hall–Kier alpha value is -5.49. The monoisotopic (exact) mass is 541 g/mol. The molecule has 1 amide bonds. The number of amides is 1. The van der Waals surface area contributed by atoms with E-state index in [1.54, 1.807) is 11.0 Å². The van der Waals surface area contributed by atoms with Crippen molar-refractivity contribution < 1.29 is 9.53 Å². The molecule has 5 aromatic rings. The first-order chi connectivity index (χ1) is 20.1. The predicted molar refractivity (Wildman–Crippen MR) is 157 cm³/mol. The minimum Gasteiger partial charge on any atom is -0.457 e. The number of carbonyl (C=O) groups is 1. The van der Waals surface area contributed by atoms with Crippen LogP contribution in [0, 0.1) is 11.3 Å². The lowest BCUT2D eigenvalue weighted by Crippen LogP contribution is -2.41. The maximum absolute atomic E-state index is 13.4. The van der Waals surface area contributed by atoms with Crippen LogP contribution in [0.1, 0.15) is 24.4 Å². The Bertz CT molecular complexity index is 1760. The molecule has 1 fully saturated rings. The van der Waals surface area contributed by atoms with Crippen LogP contribution >= 0.6 is 0 Å². The maximum Gasteiger partial charge on any atom is 0.264 e. The molecule has 9 nitrogen and oxygen atoms in total. The summed E-state index contributed by atoms with van der Waals surface area (Å²) in [6.45, 7) is 0.964. The molecule has 9 heteroatoms. The van der Waals surface area contributed by atoms with Crippen molar-refractivity contribution in [2.75, 3.05) is 18.8 Å². The minimum atomic E-state index is -0.291. The number of piperidine rings is 1. The highest BCUT2D eigenvalue weighted by molar-refractivity contribution is 6.02. The van der Waals surface area contributed by atoms with E-state index in [-0.39, 0.29) is 17.5 Å². The van der Waals surface area contributed by atoms with Gasteiger partial charge in [-0.05, 0) is 60.9 Å². The molecule has 2 aromatic heterocycles. The van der Waals surface area contributed by atoms with Gasteiger partial charge in [-0.15, -0.1) is 0 Å². The van der Waals surface area contributed by atoms with Crippen LogP contribution in [0.15, 0.2) is 96.8 Å². The molecule has 6 rings (SSSR count). The van der Waals surface area contributed by atoms with Crippen molar-refractivity contribution in [3.8, 4) is 28.8 Å². The van der Waals surface area contributed by atoms with Gasteiger partial charge >= 0.3 is 0 Å². The number of ether oxygens (including phenoxy) is 1. The van der Waals surface area contributed by atoms with Gasteiger partial charge < -0.3 is 15.4 Å². The number of nitrogens with two attached hydrogens (primary N) is 1. The van der Waals surface area contributed by atoms with E-state index >= 15 is 0 Å². The molecule has 1 aliphatic heterocycles. The molecule has 1 atom stereocenters. The quantitative estimate of drug-likeness (QED) is 0.218. The second-order valence-electron chi connectivity index (χ2n) is 9.82. The standard InChI is InChI=1S/C32H27N7O2/c33-19-24(18-22-8-3-1-4-9-22)32(40)38-17-7-10-25(20-38)39-31-28(30(34)35-21-36-31)29(37-39)23-13-15-27(16-14-23)41-26-11-5-2-6-12-26/h1-6,8-9,11-16,18,21,25H,7,10,17,20H2,(H2,34,35,36)/b24-18+. The summed E-state index contributed by atoms with van der Waals surface area (Å²) in [4.78, 5) is 23.8. The summed E-state index contributed by atoms with van der Waals surface area (Å²) < 4.78 is 7.79. The van der Waals surface area contributed by atoms with Gasteiger partial charge in [-0.3, -0.25) is 4.79 Å². The summed E-state index contributed by atoms with van der Waals surface area (Å²) >= 11 is 0. The molecule has 0 aliphatic carbocycles. The second-order valence-corrected chi connectivity index (χ2v) is 9.82. The van der Waals surface area contributed by atoms with Crippen LogP contribution in [0.3, 0.4) is 0 Å². The molecular weight excluding hydrogens is 514 g/mol. The summed E-state index contributed by atoms with van der Waals surface area (Å²) in [6.07, 6.45) is 4.63. The minimum absolute atomic E-state index is 0.104. The number of nitrogens with zero attached hydrogens (tertiary/aromatic N) is 6. The number of carbonyl (C=O) groups excluding carboxylic acids is 1. The average Bonchev–Trinajstić information content (AvgIpc) is 3.42. The summed E-state index contributed by atoms with van der Waals surface area (Å²) in [6, 6.07) is 28.5. The van der Waals surface area contributed by atoms with Gasteiger partial charge in [0.15, 0.2) is 5.65 Å². The van der Waals surface area contributed by atoms with Crippen molar-refractivity contribution in [2.45, 2.75) is 18.9 Å². The normalized spacial score (nSPS) is 15.4. The van der Waals surface area contributed by atoms with E-state index in [4.69, 9.17) is 15.6 Å². The highest BCUT2D eigenvalue weighted by Crippen LogP contribution is 2.35. The molecule has 0 bridgehead atoms. The van der Waals surface area contributed by atoms with E-state index in [1.807, 2.05) is 89.6 Å². The summed E-state index contributed by atoms with van der Waals surface area (Å²) in [7, 11) is 0. The highest BCUT2D eigenvalue weighted by Gasteiger charge is 2.30. The van der Waals surface area contributed by atoms with Crippen molar-refractivity contribution in [2.24, 2.45) is 0 Å². The van der Waals surface area contributed by atoms with Crippen LogP contribution in [0.5, 0.6) is 11.5 Å². The summed E-state index contributed by atoms with van der Waals surface area (Å²) in [5.74, 6) is 1.50. The molecule has 41 heavy (non-hydrogen) atoms. The molecular formula is C32H27N7O2. The number of fused-ring (bicyclic) bond motifs is 1. The largest absolute Gasteiger partial charge is 0.457 e. The van der Waals surface area contributed by atoms with E-state index < -0.39 is 0 Å². The van der Waals surface area contributed by atoms with Crippen molar-refractivity contribution >= 4 is 28.8 Å². The average molecular weight is 542 g/mol. The van der Waals surface area contributed by atoms with Crippen LogP contribution in [0.25, 0.3) is 28.4 Å². The molecule has 1 saturated heterocycles. The second kappa shape index (κ2) is 11.3. The fourth-order valence-electron chi connectivity index (χ4n) is 5.12. The molecule has 3 aromatic carbocycles. The van der Waals surface area contributed by atoms with Crippen molar-refractivity contribution in [3.63, 3.8) is 0 Å². The number of benzene rings is 3. The van der Waals surface area contributed by atoms with Crippen LogP contribution in [0.4, 0.5) is 5.82 Å². The number of hydrogen-bond donors (Lipinski definition) is 1. The maximum atomic E-state index is 13.4.